The molecule has 3 rings (SSSR count). The largest absolute Gasteiger partial charge is 0.444 e. The van der Waals surface area contributed by atoms with Gasteiger partial charge in [-0.1, -0.05) is 30.3 Å². The lowest BCUT2D eigenvalue weighted by Gasteiger charge is -2.17. The minimum absolute atomic E-state index is 0. The van der Waals surface area contributed by atoms with E-state index in [1.807, 2.05) is 43.9 Å². The third-order valence-corrected chi connectivity index (χ3v) is 5.16. The number of benzene rings is 1. The Morgan fingerprint density at radius 2 is 2.03 bits per heavy atom. The molecule has 0 aliphatic carbocycles. The SMILES string of the molecule is CCNC(=NCc1nc(C)c(C)o1)NCC1CC(=O)N(CCc2ccccc2)C1.I. The number of guanidine groups is 1. The number of likely N-dealkylation sites (tertiary alicyclic amines) is 1. The summed E-state index contributed by atoms with van der Waals surface area (Å²) in [6.07, 6.45) is 1.48. The molecule has 2 heterocycles. The molecule has 30 heavy (non-hydrogen) atoms. The van der Waals surface area contributed by atoms with Crippen molar-refractivity contribution < 1.29 is 9.21 Å². The number of rotatable bonds is 8. The molecule has 1 saturated heterocycles. The minimum Gasteiger partial charge on any atom is -0.444 e. The molecule has 0 saturated carbocycles. The summed E-state index contributed by atoms with van der Waals surface area (Å²) >= 11 is 0. The van der Waals surface area contributed by atoms with Crippen LogP contribution in [0.3, 0.4) is 0 Å². The fraction of sp³-hybridized carbons (Fsp3) is 0.500. The van der Waals surface area contributed by atoms with Crippen molar-refractivity contribution in [2.75, 3.05) is 26.2 Å². The summed E-state index contributed by atoms with van der Waals surface area (Å²) < 4.78 is 5.59. The molecule has 0 bridgehead atoms. The van der Waals surface area contributed by atoms with Crippen LogP contribution >= 0.6 is 24.0 Å². The van der Waals surface area contributed by atoms with Crippen molar-refractivity contribution in [3.8, 4) is 0 Å². The van der Waals surface area contributed by atoms with Crippen molar-refractivity contribution in [2.45, 2.75) is 40.2 Å². The predicted molar refractivity (Wildman–Crippen MR) is 129 cm³/mol. The van der Waals surface area contributed by atoms with Crippen molar-refractivity contribution >= 4 is 35.8 Å². The highest BCUT2D eigenvalue weighted by molar-refractivity contribution is 14.0. The van der Waals surface area contributed by atoms with Crippen molar-refractivity contribution in [1.82, 2.24) is 20.5 Å². The fourth-order valence-corrected chi connectivity index (χ4v) is 3.45. The highest BCUT2D eigenvalue weighted by Crippen LogP contribution is 2.17. The second-order valence-corrected chi connectivity index (χ2v) is 7.47. The highest BCUT2D eigenvalue weighted by atomic mass is 127. The van der Waals surface area contributed by atoms with E-state index in [1.165, 1.54) is 5.56 Å². The van der Waals surface area contributed by atoms with E-state index >= 15 is 0 Å². The maximum Gasteiger partial charge on any atom is 0.223 e. The van der Waals surface area contributed by atoms with Crippen LogP contribution in [0, 0.1) is 19.8 Å². The zero-order valence-corrected chi connectivity index (χ0v) is 20.3. The molecule has 0 radical (unpaired) electrons. The van der Waals surface area contributed by atoms with Gasteiger partial charge in [-0.15, -0.1) is 24.0 Å². The molecule has 1 fully saturated rings. The molecule has 1 amide bonds. The molecular weight excluding hydrogens is 493 g/mol. The smallest absolute Gasteiger partial charge is 0.223 e. The highest BCUT2D eigenvalue weighted by Gasteiger charge is 2.29. The summed E-state index contributed by atoms with van der Waals surface area (Å²) in [6, 6.07) is 10.3. The van der Waals surface area contributed by atoms with Gasteiger partial charge in [0, 0.05) is 38.5 Å². The Morgan fingerprint density at radius 3 is 2.70 bits per heavy atom. The fourth-order valence-electron chi connectivity index (χ4n) is 3.45. The summed E-state index contributed by atoms with van der Waals surface area (Å²) in [5.74, 6) is 2.68. The first-order valence-corrected chi connectivity index (χ1v) is 10.3. The second-order valence-electron chi connectivity index (χ2n) is 7.47. The lowest BCUT2D eigenvalue weighted by atomic mass is 10.1. The Bertz CT molecular complexity index is 818. The van der Waals surface area contributed by atoms with Crippen molar-refractivity contribution in [3.63, 3.8) is 0 Å². The van der Waals surface area contributed by atoms with Gasteiger partial charge in [0.25, 0.3) is 0 Å². The number of carbonyl (C=O) groups is 1. The number of nitrogens with one attached hydrogen (secondary N) is 2. The van der Waals surface area contributed by atoms with Crippen LogP contribution in [0.25, 0.3) is 0 Å². The normalized spacial score (nSPS) is 16.5. The second kappa shape index (κ2) is 11.9. The quantitative estimate of drug-likeness (QED) is 0.315. The minimum atomic E-state index is 0. The molecule has 1 aliphatic heterocycles. The van der Waals surface area contributed by atoms with E-state index < -0.39 is 0 Å². The Labute approximate surface area is 195 Å². The maximum atomic E-state index is 12.4. The van der Waals surface area contributed by atoms with Crippen molar-refractivity contribution in [1.29, 1.82) is 0 Å². The van der Waals surface area contributed by atoms with Gasteiger partial charge >= 0.3 is 0 Å². The van der Waals surface area contributed by atoms with Gasteiger partial charge in [0.05, 0.1) is 5.69 Å². The average molecular weight is 525 g/mol. The van der Waals surface area contributed by atoms with E-state index in [2.05, 4.69) is 32.7 Å². The summed E-state index contributed by atoms with van der Waals surface area (Å²) in [4.78, 5) is 23.2. The Kier molecular flexibility index (Phi) is 9.61. The van der Waals surface area contributed by atoms with Gasteiger partial charge in [-0.3, -0.25) is 4.79 Å². The van der Waals surface area contributed by atoms with Gasteiger partial charge in [0.2, 0.25) is 11.8 Å². The number of halogens is 1. The number of oxazole rings is 1. The molecule has 2 N–H and O–H groups in total. The number of nitrogens with zero attached hydrogens (tertiary/aromatic N) is 3. The molecule has 1 aromatic carbocycles. The molecule has 7 nitrogen and oxygen atoms in total. The predicted octanol–water partition coefficient (Wildman–Crippen LogP) is 3.06. The van der Waals surface area contributed by atoms with Crippen LogP contribution in [0.4, 0.5) is 0 Å². The molecule has 1 aliphatic rings. The Morgan fingerprint density at radius 1 is 1.27 bits per heavy atom. The average Bonchev–Trinajstić information content (AvgIpc) is 3.24. The number of hydrogen-bond acceptors (Lipinski definition) is 4. The first kappa shape index (κ1) is 24.2. The Balaban J connectivity index is 0.00000320. The van der Waals surface area contributed by atoms with E-state index in [9.17, 15) is 4.79 Å². The van der Waals surface area contributed by atoms with Crippen LogP contribution in [-0.4, -0.2) is 47.9 Å². The molecule has 1 atom stereocenters. The van der Waals surface area contributed by atoms with Gasteiger partial charge < -0.3 is 20.0 Å². The molecule has 1 unspecified atom stereocenters. The summed E-state index contributed by atoms with van der Waals surface area (Å²) in [5, 5.41) is 6.60. The zero-order chi connectivity index (χ0) is 20.6. The van der Waals surface area contributed by atoms with Crippen molar-refractivity contribution in [2.24, 2.45) is 10.9 Å². The number of aryl methyl sites for hydroxylation is 2. The van der Waals surface area contributed by atoms with Crippen LogP contribution in [0.15, 0.2) is 39.7 Å². The van der Waals surface area contributed by atoms with Crippen LogP contribution in [-0.2, 0) is 17.8 Å². The van der Waals surface area contributed by atoms with E-state index in [1.54, 1.807) is 0 Å². The number of hydrogen-bond donors (Lipinski definition) is 2. The molecule has 8 heteroatoms. The van der Waals surface area contributed by atoms with E-state index in [-0.39, 0.29) is 35.8 Å². The molecule has 2 aromatic rings. The Hall–Kier alpha value is -2.10. The van der Waals surface area contributed by atoms with Crippen LogP contribution < -0.4 is 10.6 Å². The van der Waals surface area contributed by atoms with Gasteiger partial charge in [-0.05, 0) is 32.8 Å². The van der Waals surface area contributed by atoms with E-state index in [0.717, 1.165) is 43.5 Å². The maximum absolute atomic E-state index is 12.4. The monoisotopic (exact) mass is 525 g/mol. The lowest BCUT2D eigenvalue weighted by Crippen LogP contribution is -2.40. The molecule has 164 valence electrons. The van der Waals surface area contributed by atoms with Gasteiger partial charge in [0.15, 0.2) is 5.96 Å². The summed E-state index contributed by atoms with van der Waals surface area (Å²) in [6.45, 7) is 9.28. The summed E-state index contributed by atoms with van der Waals surface area (Å²) in [7, 11) is 0. The number of carbonyl (C=O) groups excluding carboxylic acids is 1. The third kappa shape index (κ3) is 7.00. The van der Waals surface area contributed by atoms with Crippen LogP contribution in [0.2, 0.25) is 0 Å². The van der Waals surface area contributed by atoms with Crippen LogP contribution in [0.1, 0.15) is 36.3 Å². The first-order valence-electron chi connectivity index (χ1n) is 10.3. The third-order valence-electron chi connectivity index (χ3n) is 5.16. The van der Waals surface area contributed by atoms with Crippen molar-refractivity contribution in [3.05, 3.63) is 53.2 Å². The molecule has 0 spiro atoms. The first-order chi connectivity index (χ1) is 14.0. The van der Waals surface area contributed by atoms with Gasteiger partial charge in [-0.25, -0.2) is 9.98 Å². The number of amides is 1. The lowest BCUT2D eigenvalue weighted by molar-refractivity contribution is -0.127. The van der Waals surface area contributed by atoms with Crippen LogP contribution in [0.5, 0.6) is 0 Å². The van der Waals surface area contributed by atoms with E-state index in [0.29, 0.717) is 25.4 Å². The summed E-state index contributed by atoms with van der Waals surface area (Å²) in [5.41, 5.74) is 2.16. The molecular formula is C22H32IN5O2. The molecule has 1 aromatic heterocycles. The number of aromatic nitrogens is 1. The topological polar surface area (TPSA) is 82.8 Å². The standard InChI is InChI=1S/C22H31N5O2.HI/c1-4-23-22(25-14-20-26-16(2)17(3)29-20)24-13-19-12-21(28)27(15-19)11-10-18-8-6-5-7-9-18;/h5-9,19H,4,10-15H2,1-3H3,(H2,23,24,25);1H. The number of aliphatic imine (C=N–C) groups is 1. The zero-order valence-electron chi connectivity index (χ0n) is 18.0. The van der Waals surface area contributed by atoms with Gasteiger partial charge in [-0.2, -0.15) is 0 Å². The van der Waals surface area contributed by atoms with Gasteiger partial charge in [0.1, 0.15) is 12.3 Å². The van der Waals surface area contributed by atoms with E-state index in [4.69, 9.17) is 4.42 Å².